The number of esters is 1. The zero-order valence-corrected chi connectivity index (χ0v) is 12.4. The molecule has 0 aliphatic heterocycles. The molecule has 0 saturated heterocycles. The lowest BCUT2D eigenvalue weighted by Gasteiger charge is -2.09. The van der Waals surface area contributed by atoms with Crippen LogP contribution in [0, 0.1) is 0 Å². The topological polar surface area (TPSA) is 95.7 Å². The van der Waals surface area contributed by atoms with Crippen molar-refractivity contribution in [1.29, 1.82) is 0 Å². The van der Waals surface area contributed by atoms with Gasteiger partial charge in [-0.05, 0) is 25.1 Å². The van der Waals surface area contributed by atoms with E-state index in [0.29, 0.717) is 18.0 Å². The zero-order chi connectivity index (χ0) is 15.2. The summed E-state index contributed by atoms with van der Waals surface area (Å²) >= 11 is 0. The first-order valence-electron chi connectivity index (χ1n) is 6.29. The van der Waals surface area contributed by atoms with Gasteiger partial charge in [-0.2, -0.15) is 0 Å². The maximum Gasteiger partial charge on any atom is 0.338 e. The molecule has 1 rings (SSSR count). The molecule has 0 spiro atoms. The quantitative estimate of drug-likeness (QED) is 0.601. The molecule has 0 fully saturated rings. The van der Waals surface area contributed by atoms with Crippen molar-refractivity contribution in [2.45, 2.75) is 13.8 Å². The van der Waals surface area contributed by atoms with E-state index in [4.69, 9.17) is 15.2 Å². The highest BCUT2D eigenvalue weighted by Gasteiger charge is 2.12. The van der Waals surface area contributed by atoms with Crippen LogP contribution in [0.5, 0.6) is 5.75 Å². The minimum atomic E-state index is -3.14. The Labute approximate surface area is 118 Å². The SMILES string of the molecule is CCOc1ccc(C(=O)OCCS(=O)(=O)CC)cc1N. The summed E-state index contributed by atoms with van der Waals surface area (Å²) in [5.74, 6) is -0.258. The molecule has 0 radical (unpaired) electrons. The number of anilines is 1. The molecule has 7 heteroatoms. The molecule has 2 N–H and O–H groups in total. The molecule has 6 nitrogen and oxygen atoms in total. The molecule has 0 amide bonds. The Morgan fingerprint density at radius 1 is 1.30 bits per heavy atom. The highest BCUT2D eigenvalue weighted by Crippen LogP contribution is 2.22. The fraction of sp³-hybridized carbons (Fsp3) is 0.462. The van der Waals surface area contributed by atoms with Gasteiger partial charge in [-0.1, -0.05) is 6.92 Å². The molecule has 0 unspecified atom stereocenters. The molecule has 0 aromatic heterocycles. The van der Waals surface area contributed by atoms with E-state index in [0.717, 1.165) is 0 Å². The first-order valence-corrected chi connectivity index (χ1v) is 8.11. The van der Waals surface area contributed by atoms with E-state index < -0.39 is 15.8 Å². The summed E-state index contributed by atoms with van der Waals surface area (Å²) in [5.41, 5.74) is 6.34. The fourth-order valence-electron chi connectivity index (χ4n) is 1.45. The molecular formula is C13H19NO5S. The van der Waals surface area contributed by atoms with E-state index in [2.05, 4.69) is 0 Å². The number of ether oxygens (including phenoxy) is 2. The third-order valence-corrected chi connectivity index (χ3v) is 4.28. The second kappa shape index (κ2) is 7.14. The van der Waals surface area contributed by atoms with Gasteiger partial charge in [-0.3, -0.25) is 0 Å². The lowest BCUT2D eigenvalue weighted by molar-refractivity contribution is 0.0529. The Balaban J connectivity index is 2.62. The van der Waals surface area contributed by atoms with E-state index >= 15 is 0 Å². The van der Waals surface area contributed by atoms with Crippen molar-refractivity contribution in [2.75, 3.05) is 30.5 Å². The third-order valence-electron chi connectivity index (χ3n) is 2.61. The van der Waals surface area contributed by atoms with Crippen LogP contribution in [0.3, 0.4) is 0 Å². The minimum Gasteiger partial charge on any atom is -0.492 e. The van der Waals surface area contributed by atoms with Crippen molar-refractivity contribution in [1.82, 2.24) is 0 Å². The van der Waals surface area contributed by atoms with Crippen LogP contribution < -0.4 is 10.5 Å². The highest BCUT2D eigenvalue weighted by atomic mass is 32.2. The van der Waals surface area contributed by atoms with Crippen molar-refractivity contribution in [3.05, 3.63) is 23.8 Å². The second-order valence-electron chi connectivity index (χ2n) is 4.06. The number of hydrogen-bond donors (Lipinski definition) is 1. The summed E-state index contributed by atoms with van der Waals surface area (Å²) in [6.45, 7) is 3.69. The highest BCUT2D eigenvalue weighted by molar-refractivity contribution is 7.91. The van der Waals surface area contributed by atoms with Gasteiger partial charge in [0.05, 0.1) is 23.6 Å². The molecule has 1 aromatic carbocycles. The lowest BCUT2D eigenvalue weighted by atomic mass is 10.2. The Kier molecular flexibility index (Phi) is 5.82. The molecule has 1 aromatic rings. The Hall–Kier alpha value is -1.76. The average Bonchev–Trinajstić information content (AvgIpc) is 2.41. The number of rotatable bonds is 7. The van der Waals surface area contributed by atoms with Gasteiger partial charge < -0.3 is 15.2 Å². The van der Waals surface area contributed by atoms with E-state index in [-0.39, 0.29) is 23.7 Å². The van der Waals surface area contributed by atoms with Crippen molar-refractivity contribution in [2.24, 2.45) is 0 Å². The van der Waals surface area contributed by atoms with Gasteiger partial charge in [0, 0.05) is 5.75 Å². The third kappa shape index (κ3) is 4.73. The number of carbonyl (C=O) groups excluding carboxylic acids is 1. The van der Waals surface area contributed by atoms with Crippen LogP contribution in [-0.4, -0.2) is 39.1 Å². The molecule has 0 aliphatic rings. The van der Waals surface area contributed by atoms with Gasteiger partial charge in [0.2, 0.25) is 0 Å². The summed E-state index contributed by atoms with van der Waals surface area (Å²) in [4.78, 5) is 11.7. The minimum absolute atomic E-state index is 0.0283. The van der Waals surface area contributed by atoms with Crippen LogP contribution >= 0.6 is 0 Å². The Morgan fingerprint density at radius 2 is 2.00 bits per heavy atom. The Morgan fingerprint density at radius 3 is 2.55 bits per heavy atom. The summed E-state index contributed by atoms with van der Waals surface area (Å²) in [6, 6.07) is 4.55. The standard InChI is InChI=1S/C13H19NO5S/c1-3-18-12-6-5-10(9-11(12)14)13(15)19-7-8-20(16,17)4-2/h5-6,9H,3-4,7-8,14H2,1-2H3. The predicted molar refractivity (Wildman–Crippen MR) is 76.6 cm³/mol. The lowest BCUT2D eigenvalue weighted by Crippen LogP contribution is -2.17. The van der Waals surface area contributed by atoms with Crippen molar-refractivity contribution in [3.63, 3.8) is 0 Å². The number of carbonyl (C=O) groups is 1. The maximum atomic E-state index is 11.7. The van der Waals surface area contributed by atoms with Gasteiger partial charge >= 0.3 is 5.97 Å². The van der Waals surface area contributed by atoms with Gasteiger partial charge in [-0.25, -0.2) is 13.2 Å². The monoisotopic (exact) mass is 301 g/mol. The van der Waals surface area contributed by atoms with E-state index in [9.17, 15) is 13.2 Å². The van der Waals surface area contributed by atoms with Crippen LogP contribution in [-0.2, 0) is 14.6 Å². The first kappa shape index (κ1) is 16.3. The molecule has 0 aliphatic carbocycles. The molecule has 20 heavy (non-hydrogen) atoms. The largest absolute Gasteiger partial charge is 0.492 e. The smallest absolute Gasteiger partial charge is 0.338 e. The molecule has 0 heterocycles. The average molecular weight is 301 g/mol. The first-order chi connectivity index (χ1) is 9.39. The molecule has 0 bridgehead atoms. The van der Waals surface area contributed by atoms with Gasteiger partial charge in [0.15, 0.2) is 9.84 Å². The van der Waals surface area contributed by atoms with E-state index in [1.165, 1.54) is 12.1 Å². The second-order valence-corrected chi connectivity index (χ2v) is 6.53. The van der Waals surface area contributed by atoms with Crippen molar-refractivity contribution < 1.29 is 22.7 Å². The zero-order valence-electron chi connectivity index (χ0n) is 11.6. The Bertz CT molecular complexity index is 568. The van der Waals surface area contributed by atoms with Crippen LogP contribution in [0.2, 0.25) is 0 Å². The maximum absolute atomic E-state index is 11.7. The molecule has 112 valence electrons. The number of hydrogen-bond acceptors (Lipinski definition) is 6. The number of sulfone groups is 1. The van der Waals surface area contributed by atoms with Crippen molar-refractivity contribution in [3.8, 4) is 5.75 Å². The van der Waals surface area contributed by atoms with E-state index in [1.807, 2.05) is 6.92 Å². The normalized spacial score (nSPS) is 11.1. The fourth-order valence-corrected chi connectivity index (χ4v) is 2.08. The molecular weight excluding hydrogens is 282 g/mol. The summed E-state index contributed by atoms with van der Waals surface area (Å²) in [5, 5.41) is 0. The van der Waals surface area contributed by atoms with Gasteiger partial charge in [0.25, 0.3) is 0 Å². The van der Waals surface area contributed by atoms with Gasteiger partial charge in [0.1, 0.15) is 12.4 Å². The molecule has 0 saturated carbocycles. The van der Waals surface area contributed by atoms with Gasteiger partial charge in [-0.15, -0.1) is 0 Å². The van der Waals surface area contributed by atoms with E-state index in [1.54, 1.807) is 13.0 Å². The number of benzene rings is 1. The molecule has 0 atom stereocenters. The number of nitrogens with two attached hydrogens (primary N) is 1. The van der Waals surface area contributed by atoms with Crippen molar-refractivity contribution >= 4 is 21.5 Å². The van der Waals surface area contributed by atoms with Crippen LogP contribution in [0.15, 0.2) is 18.2 Å². The predicted octanol–water partition coefficient (Wildman–Crippen LogP) is 1.26. The number of nitrogen functional groups attached to an aromatic ring is 1. The van der Waals surface area contributed by atoms with Crippen LogP contribution in [0.25, 0.3) is 0 Å². The summed E-state index contributed by atoms with van der Waals surface area (Å²) in [6.07, 6.45) is 0. The summed E-state index contributed by atoms with van der Waals surface area (Å²) < 4.78 is 32.7. The van der Waals surface area contributed by atoms with Crippen LogP contribution in [0.1, 0.15) is 24.2 Å². The van der Waals surface area contributed by atoms with Crippen LogP contribution in [0.4, 0.5) is 5.69 Å². The summed E-state index contributed by atoms with van der Waals surface area (Å²) in [7, 11) is -3.14.